The van der Waals surface area contributed by atoms with E-state index in [4.69, 9.17) is 10.5 Å². The molecule has 62 valence electrons. The normalized spacial score (nSPS) is 25.0. The number of aliphatic imine (C=N–C) groups is 1. The molecule has 0 radical (unpaired) electrons. The van der Waals surface area contributed by atoms with Crippen molar-refractivity contribution >= 4 is 5.71 Å². The van der Waals surface area contributed by atoms with E-state index in [0.29, 0.717) is 5.88 Å². The number of ether oxygens (including phenoxy) is 1. The molecule has 0 spiro atoms. The highest BCUT2D eigenvalue weighted by atomic mass is 16.5. The van der Waals surface area contributed by atoms with Gasteiger partial charge in [0.15, 0.2) is 5.88 Å². The van der Waals surface area contributed by atoms with Crippen molar-refractivity contribution in [1.82, 2.24) is 0 Å². The van der Waals surface area contributed by atoms with Gasteiger partial charge >= 0.3 is 0 Å². The van der Waals surface area contributed by atoms with E-state index >= 15 is 0 Å². The summed E-state index contributed by atoms with van der Waals surface area (Å²) in [6.07, 6.45) is 1.78. The second-order valence-electron chi connectivity index (χ2n) is 3.02. The van der Waals surface area contributed by atoms with E-state index in [2.05, 4.69) is 4.99 Å². The quantitative estimate of drug-likeness (QED) is 0.613. The van der Waals surface area contributed by atoms with Crippen molar-refractivity contribution in [3.8, 4) is 0 Å². The molecule has 0 atom stereocenters. The summed E-state index contributed by atoms with van der Waals surface area (Å²) in [6.45, 7) is 6.67. The zero-order chi connectivity index (χ0) is 8.48. The van der Waals surface area contributed by atoms with Crippen molar-refractivity contribution in [2.75, 3.05) is 6.54 Å². The maximum Gasteiger partial charge on any atom is 0.187 e. The molecule has 0 aromatic rings. The minimum atomic E-state index is -0.333. The molecule has 1 heterocycles. The predicted octanol–water partition coefficient (Wildman–Crippen LogP) is 1.06. The highest BCUT2D eigenvalue weighted by Gasteiger charge is 2.31. The Kier molecular flexibility index (Phi) is 1.89. The molecule has 0 saturated carbocycles. The van der Waals surface area contributed by atoms with Gasteiger partial charge in [-0.1, -0.05) is 0 Å². The number of nitrogens with zero attached hydrogens (tertiary/aromatic N) is 1. The molecule has 0 aromatic heterocycles. The van der Waals surface area contributed by atoms with Gasteiger partial charge in [0.25, 0.3) is 0 Å². The van der Waals surface area contributed by atoms with Crippen molar-refractivity contribution in [3.63, 3.8) is 0 Å². The van der Waals surface area contributed by atoms with Gasteiger partial charge in [-0.2, -0.15) is 0 Å². The molecule has 0 saturated heterocycles. The summed E-state index contributed by atoms with van der Waals surface area (Å²) < 4.78 is 5.32. The van der Waals surface area contributed by atoms with E-state index in [1.807, 2.05) is 20.8 Å². The molecule has 1 aliphatic rings. The number of nitrogens with two attached hydrogens (primary N) is 1. The smallest absolute Gasteiger partial charge is 0.187 e. The predicted molar refractivity (Wildman–Crippen MR) is 45.4 cm³/mol. The van der Waals surface area contributed by atoms with Crippen LogP contribution in [0, 0.1) is 0 Å². The van der Waals surface area contributed by atoms with E-state index < -0.39 is 0 Å². The summed E-state index contributed by atoms with van der Waals surface area (Å²) >= 11 is 0. The highest BCUT2D eigenvalue weighted by molar-refractivity contribution is 6.03. The third kappa shape index (κ3) is 1.53. The van der Waals surface area contributed by atoms with E-state index in [1.165, 1.54) is 0 Å². The van der Waals surface area contributed by atoms with Crippen LogP contribution in [-0.2, 0) is 4.74 Å². The minimum absolute atomic E-state index is 0.333. The van der Waals surface area contributed by atoms with Crippen LogP contribution in [-0.4, -0.2) is 17.9 Å². The Morgan fingerprint density at radius 3 is 2.64 bits per heavy atom. The van der Waals surface area contributed by atoms with Crippen LogP contribution in [0.15, 0.2) is 17.0 Å². The second kappa shape index (κ2) is 2.57. The topological polar surface area (TPSA) is 47.6 Å². The Bertz CT molecular complexity index is 216. The lowest BCUT2D eigenvalue weighted by Gasteiger charge is -2.19. The Hall–Kier alpha value is -0.990. The number of rotatable bonds is 1. The van der Waals surface area contributed by atoms with Gasteiger partial charge in [0.05, 0.1) is 5.71 Å². The van der Waals surface area contributed by atoms with Crippen LogP contribution in [0.1, 0.15) is 20.8 Å². The van der Waals surface area contributed by atoms with Crippen molar-refractivity contribution in [3.05, 3.63) is 12.0 Å². The number of hydrogen-bond acceptors (Lipinski definition) is 3. The Balaban J connectivity index is 2.86. The Labute approximate surface area is 66.9 Å². The second-order valence-corrected chi connectivity index (χ2v) is 3.02. The van der Waals surface area contributed by atoms with Gasteiger partial charge in [-0.3, -0.25) is 4.99 Å². The Morgan fingerprint density at radius 2 is 2.27 bits per heavy atom. The molecular weight excluding hydrogens is 140 g/mol. The molecule has 1 rings (SSSR count). The van der Waals surface area contributed by atoms with Crippen molar-refractivity contribution in [1.29, 1.82) is 0 Å². The standard InChI is InChI=1S/C8H14N2O/c1-4-10-6-5-7(9)11-8(6,2)3/h5H,4,9H2,1-3H3. The molecule has 2 N–H and O–H groups in total. The van der Waals surface area contributed by atoms with Crippen molar-refractivity contribution in [2.24, 2.45) is 10.7 Å². The first-order chi connectivity index (χ1) is 5.06. The molecule has 0 fully saturated rings. The molecule has 0 unspecified atom stereocenters. The van der Waals surface area contributed by atoms with Crippen LogP contribution >= 0.6 is 0 Å². The summed E-state index contributed by atoms with van der Waals surface area (Å²) in [7, 11) is 0. The molecular formula is C8H14N2O. The molecule has 1 aliphatic heterocycles. The van der Waals surface area contributed by atoms with Crippen LogP contribution in [0.5, 0.6) is 0 Å². The fourth-order valence-corrected chi connectivity index (χ4v) is 1.09. The summed E-state index contributed by atoms with van der Waals surface area (Å²) in [5.41, 5.74) is 6.08. The molecule has 0 aliphatic carbocycles. The summed E-state index contributed by atoms with van der Waals surface area (Å²) in [5.74, 6) is 0.460. The summed E-state index contributed by atoms with van der Waals surface area (Å²) in [4.78, 5) is 4.26. The summed E-state index contributed by atoms with van der Waals surface area (Å²) in [6, 6.07) is 0. The number of hydrogen-bond donors (Lipinski definition) is 1. The van der Waals surface area contributed by atoms with E-state index in [-0.39, 0.29) is 5.60 Å². The van der Waals surface area contributed by atoms with E-state index in [1.54, 1.807) is 6.08 Å². The molecule has 11 heavy (non-hydrogen) atoms. The lowest BCUT2D eigenvalue weighted by atomic mass is 10.0. The van der Waals surface area contributed by atoms with Crippen LogP contribution in [0.3, 0.4) is 0 Å². The average Bonchev–Trinajstić information content (AvgIpc) is 2.07. The fraction of sp³-hybridized carbons (Fsp3) is 0.625. The third-order valence-corrected chi connectivity index (χ3v) is 1.60. The average molecular weight is 154 g/mol. The SMILES string of the molecule is CCN=C1C=C(N)OC1(C)C. The van der Waals surface area contributed by atoms with Gasteiger partial charge in [-0.25, -0.2) is 0 Å². The largest absolute Gasteiger partial charge is 0.467 e. The molecule has 0 bridgehead atoms. The summed E-state index contributed by atoms with van der Waals surface area (Å²) in [5, 5.41) is 0. The molecule has 3 nitrogen and oxygen atoms in total. The van der Waals surface area contributed by atoms with Gasteiger partial charge in [-0.05, 0) is 20.8 Å². The fourth-order valence-electron chi connectivity index (χ4n) is 1.09. The maximum atomic E-state index is 5.49. The monoisotopic (exact) mass is 154 g/mol. The molecule has 3 heteroatoms. The van der Waals surface area contributed by atoms with Gasteiger partial charge in [0.1, 0.15) is 5.60 Å². The zero-order valence-electron chi connectivity index (χ0n) is 7.22. The van der Waals surface area contributed by atoms with Gasteiger partial charge in [-0.15, -0.1) is 0 Å². The first-order valence-corrected chi connectivity index (χ1v) is 3.77. The first kappa shape index (κ1) is 8.11. The molecule has 0 aromatic carbocycles. The van der Waals surface area contributed by atoms with Crippen LogP contribution < -0.4 is 5.73 Å². The van der Waals surface area contributed by atoms with Crippen molar-refractivity contribution < 1.29 is 4.74 Å². The van der Waals surface area contributed by atoms with Crippen LogP contribution in [0.25, 0.3) is 0 Å². The maximum absolute atomic E-state index is 5.49. The lowest BCUT2D eigenvalue weighted by Crippen LogP contribution is -2.29. The zero-order valence-corrected chi connectivity index (χ0v) is 7.22. The Morgan fingerprint density at radius 1 is 1.64 bits per heavy atom. The van der Waals surface area contributed by atoms with E-state index in [9.17, 15) is 0 Å². The lowest BCUT2D eigenvalue weighted by molar-refractivity contribution is 0.108. The highest BCUT2D eigenvalue weighted by Crippen LogP contribution is 2.22. The van der Waals surface area contributed by atoms with E-state index in [0.717, 1.165) is 12.3 Å². The van der Waals surface area contributed by atoms with Crippen molar-refractivity contribution in [2.45, 2.75) is 26.4 Å². The first-order valence-electron chi connectivity index (χ1n) is 3.77. The van der Waals surface area contributed by atoms with Gasteiger partial charge < -0.3 is 10.5 Å². The van der Waals surface area contributed by atoms with Gasteiger partial charge in [0.2, 0.25) is 0 Å². The van der Waals surface area contributed by atoms with Crippen LogP contribution in [0.4, 0.5) is 0 Å². The third-order valence-electron chi connectivity index (χ3n) is 1.60. The molecule has 0 amide bonds. The van der Waals surface area contributed by atoms with Gasteiger partial charge in [0, 0.05) is 12.6 Å². The van der Waals surface area contributed by atoms with Crippen LogP contribution in [0.2, 0.25) is 0 Å². The minimum Gasteiger partial charge on any atom is -0.467 e.